The van der Waals surface area contributed by atoms with E-state index in [-0.39, 0.29) is 18.2 Å². The van der Waals surface area contributed by atoms with E-state index in [2.05, 4.69) is 10.6 Å². The Labute approximate surface area is 221 Å². The minimum Gasteiger partial charge on any atom is -0.308 e. The number of para-hydroxylation sites is 1. The first kappa shape index (κ1) is 24.9. The highest BCUT2D eigenvalue weighted by Crippen LogP contribution is 2.30. The first-order valence-corrected chi connectivity index (χ1v) is 12.7. The third-order valence-corrected chi connectivity index (χ3v) is 6.90. The Bertz CT molecular complexity index is 1440. The highest BCUT2D eigenvalue weighted by molar-refractivity contribution is 6.21. The summed E-state index contributed by atoms with van der Waals surface area (Å²) in [5, 5.41) is 14.5. The molecular weight excluding hydrogens is 478 g/mol. The number of carbonyl (C=O) groups is 3. The second-order valence-electron chi connectivity index (χ2n) is 9.43. The maximum absolute atomic E-state index is 13.9. The summed E-state index contributed by atoms with van der Waals surface area (Å²) in [4.78, 5) is 46.3. The van der Waals surface area contributed by atoms with Gasteiger partial charge in [0.25, 0.3) is 5.91 Å². The molecule has 1 heterocycles. The molecular formula is C30H27N5O3. The second kappa shape index (κ2) is 11.1. The van der Waals surface area contributed by atoms with Crippen molar-refractivity contribution in [1.29, 1.82) is 5.26 Å². The number of carbonyl (C=O) groups excluding carboxylic acids is 3. The third kappa shape index (κ3) is 5.32. The molecule has 0 bridgehead atoms. The number of hydrogen-bond acceptors (Lipinski definition) is 5. The Morgan fingerprint density at radius 2 is 1.71 bits per heavy atom. The van der Waals surface area contributed by atoms with Crippen LogP contribution < -0.4 is 15.5 Å². The first-order chi connectivity index (χ1) is 18.5. The van der Waals surface area contributed by atoms with Crippen LogP contribution in [-0.2, 0) is 9.59 Å². The zero-order valence-corrected chi connectivity index (χ0v) is 20.8. The van der Waals surface area contributed by atoms with Crippen LogP contribution in [0.2, 0.25) is 0 Å². The number of hydrogen-bond donors (Lipinski definition) is 2. The van der Waals surface area contributed by atoms with E-state index in [1.54, 1.807) is 18.2 Å². The molecule has 38 heavy (non-hydrogen) atoms. The average molecular weight is 506 g/mol. The first-order valence-electron chi connectivity index (χ1n) is 12.7. The molecule has 1 atom stereocenters. The Kier molecular flexibility index (Phi) is 7.27. The quantitative estimate of drug-likeness (QED) is 0.507. The zero-order valence-electron chi connectivity index (χ0n) is 20.8. The second-order valence-corrected chi connectivity index (χ2v) is 9.43. The molecule has 3 aromatic rings. The van der Waals surface area contributed by atoms with Crippen LogP contribution in [0, 0.1) is 17.2 Å². The van der Waals surface area contributed by atoms with E-state index in [1.807, 2.05) is 60.7 Å². The van der Waals surface area contributed by atoms with Crippen LogP contribution in [0.15, 0.2) is 83.9 Å². The molecule has 3 amide bonds. The number of ketones is 1. The lowest BCUT2D eigenvalue weighted by Crippen LogP contribution is -2.50. The fourth-order valence-electron chi connectivity index (χ4n) is 5.00. The van der Waals surface area contributed by atoms with Crippen molar-refractivity contribution in [2.24, 2.45) is 10.9 Å². The summed E-state index contributed by atoms with van der Waals surface area (Å²) < 4.78 is 0. The van der Waals surface area contributed by atoms with Crippen LogP contribution in [0.4, 0.5) is 16.2 Å². The van der Waals surface area contributed by atoms with Crippen molar-refractivity contribution < 1.29 is 14.4 Å². The standard InChI is InChI=1S/C30H27N5O3/c31-18-20-9-8-14-23(17-20)32-30(38)34-28-29(37)35(19-26(36)21-10-4-5-11-21)25-16-7-6-15-24(25)27(33-28)22-12-2-1-3-13-22/h1-3,6-9,12-17,21,28H,4-5,10-11,19H2,(H2,32,34,38)/t28-/m0/s1. The van der Waals surface area contributed by atoms with Crippen LogP contribution in [-0.4, -0.2) is 36.1 Å². The van der Waals surface area contributed by atoms with Crippen molar-refractivity contribution in [3.63, 3.8) is 0 Å². The lowest BCUT2D eigenvalue weighted by molar-refractivity contribution is -0.125. The van der Waals surface area contributed by atoms with Gasteiger partial charge in [-0.1, -0.05) is 67.4 Å². The minimum atomic E-state index is -1.27. The van der Waals surface area contributed by atoms with E-state index in [0.29, 0.717) is 28.2 Å². The largest absolute Gasteiger partial charge is 0.321 e. The molecule has 5 rings (SSSR count). The SMILES string of the molecule is N#Cc1cccc(NC(=O)N[C@@H]2N=C(c3ccccc3)c3ccccc3N(CC(=O)C3CCCC3)C2=O)c1. The van der Waals surface area contributed by atoms with E-state index in [4.69, 9.17) is 10.3 Å². The molecule has 0 spiro atoms. The number of amides is 3. The minimum absolute atomic E-state index is 0.0188. The Morgan fingerprint density at radius 3 is 2.47 bits per heavy atom. The van der Waals surface area contributed by atoms with Crippen molar-refractivity contribution >= 4 is 34.8 Å². The maximum Gasteiger partial charge on any atom is 0.321 e. The van der Waals surface area contributed by atoms with Gasteiger partial charge >= 0.3 is 6.03 Å². The molecule has 190 valence electrons. The van der Waals surface area contributed by atoms with Gasteiger partial charge in [-0.15, -0.1) is 0 Å². The lowest BCUT2D eigenvalue weighted by atomic mass is 9.99. The van der Waals surface area contributed by atoms with Crippen molar-refractivity contribution in [3.8, 4) is 6.07 Å². The van der Waals surface area contributed by atoms with Crippen LogP contribution in [0.5, 0.6) is 0 Å². The Morgan fingerprint density at radius 1 is 0.974 bits per heavy atom. The van der Waals surface area contributed by atoms with Crippen LogP contribution >= 0.6 is 0 Å². The van der Waals surface area contributed by atoms with Crippen LogP contribution in [0.3, 0.4) is 0 Å². The fourth-order valence-corrected chi connectivity index (χ4v) is 5.00. The van der Waals surface area contributed by atoms with Gasteiger partial charge in [0.1, 0.15) is 0 Å². The highest BCUT2D eigenvalue weighted by atomic mass is 16.2. The monoisotopic (exact) mass is 505 g/mol. The molecule has 3 aromatic carbocycles. The summed E-state index contributed by atoms with van der Waals surface area (Å²) in [5.74, 6) is -0.532. The highest BCUT2D eigenvalue weighted by Gasteiger charge is 2.35. The molecule has 0 unspecified atom stereocenters. The normalized spacial score (nSPS) is 17.1. The number of nitrogens with zero attached hydrogens (tertiary/aromatic N) is 3. The smallest absolute Gasteiger partial charge is 0.308 e. The number of nitriles is 1. The van der Waals surface area contributed by atoms with Gasteiger partial charge in [0.2, 0.25) is 6.17 Å². The third-order valence-electron chi connectivity index (χ3n) is 6.90. The molecule has 8 heteroatoms. The van der Waals surface area contributed by atoms with E-state index in [9.17, 15) is 14.4 Å². The number of anilines is 2. The van der Waals surface area contributed by atoms with Gasteiger partial charge in [0, 0.05) is 22.7 Å². The van der Waals surface area contributed by atoms with Gasteiger partial charge in [-0.05, 0) is 37.1 Å². The number of rotatable bonds is 6. The summed E-state index contributed by atoms with van der Waals surface area (Å²) in [6.45, 7) is -0.0812. The number of aliphatic imine (C=N–C) groups is 1. The van der Waals surface area contributed by atoms with Crippen LogP contribution in [0.25, 0.3) is 0 Å². The molecule has 2 N–H and O–H groups in total. The van der Waals surface area contributed by atoms with Crippen molar-refractivity contribution in [3.05, 3.63) is 95.6 Å². The van der Waals surface area contributed by atoms with E-state index in [0.717, 1.165) is 31.2 Å². The number of benzene rings is 3. The predicted molar refractivity (Wildman–Crippen MR) is 145 cm³/mol. The predicted octanol–water partition coefficient (Wildman–Crippen LogP) is 4.65. The Hall–Kier alpha value is -4.77. The van der Waals surface area contributed by atoms with E-state index >= 15 is 0 Å². The van der Waals surface area contributed by atoms with Crippen molar-refractivity contribution in [2.45, 2.75) is 31.8 Å². The number of urea groups is 1. The maximum atomic E-state index is 13.9. The molecule has 0 radical (unpaired) electrons. The Balaban J connectivity index is 1.50. The van der Waals surface area contributed by atoms with Gasteiger partial charge in [0.05, 0.1) is 29.6 Å². The van der Waals surface area contributed by atoms with Gasteiger partial charge < -0.3 is 15.5 Å². The zero-order chi connectivity index (χ0) is 26.5. The van der Waals surface area contributed by atoms with Gasteiger partial charge in [-0.3, -0.25) is 9.59 Å². The molecule has 1 aliphatic heterocycles. The number of fused-ring (bicyclic) bond motifs is 1. The summed E-state index contributed by atoms with van der Waals surface area (Å²) >= 11 is 0. The van der Waals surface area contributed by atoms with Crippen molar-refractivity contribution in [2.75, 3.05) is 16.8 Å². The lowest BCUT2D eigenvalue weighted by Gasteiger charge is -2.26. The summed E-state index contributed by atoms with van der Waals surface area (Å²) in [6.07, 6.45) is 2.42. The number of benzodiazepines with no additional fused rings is 1. The topological polar surface area (TPSA) is 115 Å². The number of nitrogens with one attached hydrogen (secondary N) is 2. The van der Waals surface area contributed by atoms with E-state index < -0.39 is 18.1 Å². The fraction of sp³-hybridized carbons (Fsp3) is 0.233. The number of Topliss-reactive ketones (excluding diaryl/α,β-unsaturated/α-hetero) is 1. The van der Waals surface area contributed by atoms with Crippen molar-refractivity contribution in [1.82, 2.24) is 5.32 Å². The molecule has 1 aliphatic carbocycles. The van der Waals surface area contributed by atoms with Gasteiger partial charge in [-0.2, -0.15) is 5.26 Å². The average Bonchev–Trinajstić information content (AvgIpc) is 3.46. The summed E-state index contributed by atoms with van der Waals surface area (Å²) in [5.41, 5.74) is 3.42. The summed E-state index contributed by atoms with van der Waals surface area (Å²) in [7, 11) is 0. The molecule has 8 nitrogen and oxygen atoms in total. The molecule has 1 fully saturated rings. The molecule has 2 aliphatic rings. The van der Waals surface area contributed by atoms with E-state index in [1.165, 1.54) is 11.0 Å². The summed E-state index contributed by atoms with van der Waals surface area (Å²) in [6, 6.07) is 24.7. The molecule has 1 saturated carbocycles. The molecule has 0 saturated heterocycles. The van der Waals surface area contributed by atoms with Crippen LogP contribution in [0.1, 0.15) is 42.4 Å². The van der Waals surface area contributed by atoms with Gasteiger partial charge in [-0.25, -0.2) is 9.79 Å². The van der Waals surface area contributed by atoms with Gasteiger partial charge in [0.15, 0.2) is 5.78 Å². The molecule has 0 aromatic heterocycles.